The van der Waals surface area contributed by atoms with Crippen molar-refractivity contribution in [3.63, 3.8) is 0 Å². The summed E-state index contributed by atoms with van der Waals surface area (Å²) in [7, 11) is 0. The standard InChI is InChI=1S/C16H19N3O/c1-11(20)9-17-16-14-8-4-6-12-5-2-3-7-13(12)15(14)18-10-19-16/h2-3,5,7,10-11,20H,4,6,8-9H2,1H3,(H,17,18,19). The minimum absolute atomic E-state index is 0.390. The van der Waals surface area contributed by atoms with Gasteiger partial charge in [0.15, 0.2) is 0 Å². The van der Waals surface area contributed by atoms with Gasteiger partial charge in [0.25, 0.3) is 0 Å². The number of hydrogen-bond donors (Lipinski definition) is 2. The monoisotopic (exact) mass is 269 g/mol. The van der Waals surface area contributed by atoms with Crippen molar-refractivity contribution >= 4 is 5.82 Å². The van der Waals surface area contributed by atoms with Crippen molar-refractivity contribution < 1.29 is 5.11 Å². The molecule has 1 unspecified atom stereocenters. The molecule has 1 aliphatic carbocycles. The van der Waals surface area contributed by atoms with Gasteiger partial charge in [0.05, 0.1) is 11.8 Å². The minimum Gasteiger partial charge on any atom is -0.392 e. The van der Waals surface area contributed by atoms with E-state index >= 15 is 0 Å². The third-order valence-electron chi connectivity index (χ3n) is 3.66. The lowest BCUT2D eigenvalue weighted by Crippen LogP contribution is -2.17. The Morgan fingerprint density at radius 1 is 1.25 bits per heavy atom. The molecule has 0 amide bonds. The van der Waals surface area contributed by atoms with Gasteiger partial charge in [0.1, 0.15) is 12.1 Å². The van der Waals surface area contributed by atoms with Crippen molar-refractivity contribution in [3.8, 4) is 11.3 Å². The van der Waals surface area contributed by atoms with Crippen LogP contribution in [-0.4, -0.2) is 27.7 Å². The fraction of sp³-hybridized carbons (Fsp3) is 0.375. The van der Waals surface area contributed by atoms with Gasteiger partial charge in [-0.25, -0.2) is 9.97 Å². The average Bonchev–Trinajstić information content (AvgIpc) is 2.65. The highest BCUT2D eigenvalue weighted by molar-refractivity contribution is 5.72. The van der Waals surface area contributed by atoms with E-state index in [9.17, 15) is 5.11 Å². The predicted octanol–water partition coefficient (Wildman–Crippen LogP) is 2.43. The second-order valence-corrected chi connectivity index (χ2v) is 5.29. The van der Waals surface area contributed by atoms with Crippen molar-refractivity contribution in [2.45, 2.75) is 32.3 Å². The molecule has 4 heteroatoms. The first-order chi connectivity index (χ1) is 9.75. The van der Waals surface area contributed by atoms with Crippen molar-refractivity contribution in [2.75, 3.05) is 11.9 Å². The highest BCUT2D eigenvalue weighted by Crippen LogP contribution is 2.33. The van der Waals surface area contributed by atoms with Crippen molar-refractivity contribution in [2.24, 2.45) is 0 Å². The fourth-order valence-electron chi connectivity index (χ4n) is 2.70. The van der Waals surface area contributed by atoms with Crippen LogP contribution in [0, 0.1) is 0 Å². The van der Waals surface area contributed by atoms with Crippen LogP contribution < -0.4 is 5.32 Å². The van der Waals surface area contributed by atoms with Gasteiger partial charge in [0, 0.05) is 17.7 Å². The molecule has 2 aromatic rings. The topological polar surface area (TPSA) is 58.0 Å². The van der Waals surface area contributed by atoms with Crippen molar-refractivity contribution in [1.82, 2.24) is 9.97 Å². The molecule has 104 valence electrons. The molecule has 1 aliphatic rings. The summed E-state index contributed by atoms with van der Waals surface area (Å²) >= 11 is 0. The van der Waals surface area contributed by atoms with Crippen LogP contribution in [0.1, 0.15) is 24.5 Å². The normalized spacial score (nSPS) is 14.9. The summed E-state index contributed by atoms with van der Waals surface area (Å²) in [5.41, 5.74) is 4.76. The number of aromatic nitrogens is 2. The Morgan fingerprint density at radius 2 is 2.10 bits per heavy atom. The summed E-state index contributed by atoms with van der Waals surface area (Å²) < 4.78 is 0. The van der Waals surface area contributed by atoms with Gasteiger partial charge >= 0.3 is 0 Å². The molecule has 1 atom stereocenters. The summed E-state index contributed by atoms with van der Waals surface area (Å²) in [4.78, 5) is 8.84. The molecule has 0 saturated heterocycles. The molecule has 0 radical (unpaired) electrons. The van der Waals surface area contributed by atoms with Gasteiger partial charge in [0.2, 0.25) is 0 Å². The van der Waals surface area contributed by atoms with Gasteiger partial charge < -0.3 is 10.4 Å². The lowest BCUT2D eigenvalue weighted by molar-refractivity contribution is 0.208. The van der Waals surface area contributed by atoms with Crippen LogP contribution in [0.5, 0.6) is 0 Å². The largest absolute Gasteiger partial charge is 0.392 e. The highest BCUT2D eigenvalue weighted by atomic mass is 16.3. The molecule has 0 saturated carbocycles. The Bertz CT molecular complexity index is 610. The van der Waals surface area contributed by atoms with Crippen LogP contribution in [0.25, 0.3) is 11.3 Å². The number of aliphatic hydroxyl groups excluding tert-OH is 1. The molecule has 3 rings (SSSR count). The SMILES string of the molecule is CC(O)CNc1ncnc2c1CCCc1ccccc1-2. The third-order valence-corrected chi connectivity index (χ3v) is 3.66. The average molecular weight is 269 g/mol. The molecule has 0 aliphatic heterocycles. The minimum atomic E-state index is -0.390. The molecule has 20 heavy (non-hydrogen) atoms. The zero-order valence-electron chi connectivity index (χ0n) is 11.6. The first-order valence-corrected chi connectivity index (χ1v) is 7.10. The molecular formula is C16H19N3O. The van der Waals surface area contributed by atoms with Gasteiger partial charge in [-0.05, 0) is 31.7 Å². The first-order valence-electron chi connectivity index (χ1n) is 7.10. The third kappa shape index (κ3) is 2.51. The second kappa shape index (κ2) is 5.59. The van der Waals surface area contributed by atoms with Crippen molar-refractivity contribution in [1.29, 1.82) is 0 Å². The summed E-state index contributed by atoms with van der Waals surface area (Å²) in [6, 6.07) is 8.44. The number of nitrogens with one attached hydrogen (secondary N) is 1. The summed E-state index contributed by atoms with van der Waals surface area (Å²) in [5, 5.41) is 12.7. The number of nitrogens with zero attached hydrogens (tertiary/aromatic N) is 2. The Kier molecular flexibility index (Phi) is 3.65. The number of hydrogen-bond acceptors (Lipinski definition) is 4. The molecule has 1 heterocycles. The molecule has 0 spiro atoms. The number of fused-ring (bicyclic) bond motifs is 3. The lowest BCUT2D eigenvalue weighted by Gasteiger charge is -2.14. The Morgan fingerprint density at radius 3 is 2.95 bits per heavy atom. The number of rotatable bonds is 3. The van der Waals surface area contributed by atoms with E-state index in [0.29, 0.717) is 6.54 Å². The van der Waals surface area contributed by atoms with Crippen LogP contribution in [-0.2, 0) is 12.8 Å². The summed E-state index contributed by atoms with van der Waals surface area (Å²) in [6.45, 7) is 2.27. The van der Waals surface area contributed by atoms with Crippen molar-refractivity contribution in [3.05, 3.63) is 41.7 Å². The maximum absolute atomic E-state index is 9.43. The smallest absolute Gasteiger partial charge is 0.133 e. The Hall–Kier alpha value is -1.94. The van der Waals surface area contributed by atoms with E-state index in [1.807, 2.05) is 0 Å². The summed E-state index contributed by atoms with van der Waals surface area (Å²) in [6.07, 6.45) is 4.35. The molecule has 2 N–H and O–H groups in total. The zero-order chi connectivity index (χ0) is 13.9. The second-order valence-electron chi connectivity index (χ2n) is 5.29. The van der Waals surface area contributed by atoms with Crippen LogP contribution in [0.2, 0.25) is 0 Å². The zero-order valence-corrected chi connectivity index (χ0v) is 11.6. The lowest BCUT2D eigenvalue weighted by atomic mass is 10.0. The van der Waals surface area contributed by atoms with Gasteiger partial charge in [-0.2, -0.15) is 0 Å². The number of aliphatic hydroxyl groups is 1. The maximum atomic E-state index is 9.43. The Balaban J connectivity index is 2.04. The quantitative estimate of drug-likeness (QED) is 0.898. The fourth-order valence-corrected chi connectivity index (χ4v) is 2.70. The molecule has 1 aromatic heterocycles. The van der Waals surface area contributed by atoms with Crippen LogP contribution in [0.3, 0.4) is 0 Å². The van der Waals surface area contributed by atoms with Crippen LogP contribution >= 0.6 is 0 Å². The molecular weight excluding hydrogens is 250 g/mol. The molecule has 0 bridgehead atoms. The number of aryl methyl sites for hydroxylation is 1. The van der Waals surface area contributed by atoms with Gasteiger partial charge in [-0.3, -0.25) is 0 Å². The molecule has 1 aromatic carbocycles. The summed E-state index contributed by atoms with van der Waals surface area (Å²) in [5.74, 6) is 0.854. The number of anilines is 1. The number of benzene rings is 1. The van der Waals surface area contributed by atoms with E-state index in [2.05, 4.69) is 39.6 Å². The predicted molar refractivity (Wildman–Crippen MR) is 79.7 cm³/mol. The van der Waals surface area contributed by atoms with E-state index in [-0.39, 0.29) is 0 Å². The maximum Gasteiger partial charge on any atom is 0.133 e. The molecule has 4 nitrogen and oxygen atoms in total. The van der Waals surface area contributed by atoms with E-state index in [4.69, 9.17) is 0 Å². The highest BCUT2D eigenvalue weighted by Gasteiger charge is 2.18. The van der Waals surface area contributed by atoms with E-state index in [1.54, 1.807) is 13.3 Å². The van der Waals surface area contributed by atoms with Crippen LogP contribution in [0.4, 0.5) is 5.82 Å². The first kappa shape index (κ1) is 13.1. The van der Waals surface area contributed by atoms with E-state index in [1.165, 1.54) is 11.1 Å². The molecule has 0 fully saturated rings. The van der Waals surface area contributed by atoms with Gasteiger partial charge in [-0.1, -0.05) is 24.3 Å². The van der Waals surface area contributed by atoms with E-state index in [0.717, 1.165) is 36.3 Å². The van der Waals surface area contributed by atoms with Crippen LogP contribution in [0.15, 0.2) is 30.6 Å². The van der Waals surface area contributed by atoms with Gasteiger partial charge in [-0.15, -0.1) is 0 Å². The van der Waals surface area contributed by atoms with E-state index < -0.39 is 6.10 Å². The Labute approximate surface area is 118 Å².